The molecule has 0 aliphatic rings. The Hall–Kier alpha value is -1.32. The summed E-state index contributed by atoms with van der Waals surface area (Å²) >= 11 is 0. The van der Waals surface area contributed by atoms with Gasteiger partial charge in [-0.3, -0.25) is 0 Å². The Bertz CT molecular complexity index is 291. The van der Waals surface area contributed by atoms with Gasteiger partial charge in [-0.2, -0.15) is 18.6 Å². The second kappa shape index (κ2) is 2.97. The molecule has 4 heteroatoms. The highest BCUT2D eigenvalue weighted by molar-refractivity contribution is 5.80. The van der Waals surface area contributed by atoms with E-state index in [1.165, 1.54) is 18.2 Å². The lowest BCUT2D eigenvalue weighted by Crippen LogP contribution is -2.08. The normalized spacial score (nSPS) is 11.2. The summed E-state index contributed by atoms with van der Waals surface area (Å²) in [6.45, 7) is 0. The largest absolute Gasteiger partial charge is 0.417 e. The van der Waals surface area contributed by atoms with Crippen LogP contribution < -0.4 is 5.41 Å². The lowest BCUT2D eigenvalue weighted by Gasteiger charge is -2.08. The first-order chi connectivity index (χ1) is 5.55. The van der Waals surface area contributed by atoms with Crippen LogP contribution in [0, 0.1) is 0 Å². The first-order valence-electron chi connectivity index (χ1n) is 3.19. The van der Waals surface area contributed by atoms with Crippen LogP contribution in [0.2, 0.25) is 0 Å². The zero-order valence-electron chi connectivity index (χ0n) is 5.97. The van der Waals surface area contributed by atoms with E-state index in [0.29, 0.717) is 6.21 Å². The minimum atomic E-state index is -4.41. The van der Waals surface area contributed by atoms with E-state index >= 15 is 0 Å². The lowest BCUT2D eigenvalue weighted by molar-refractivity contribution is -0.137. The molecule has 63 valence electrons. The molecule has 0 N–H and O–H groups in total. The van der Waals surface area contributed by atoms with Gasteiger partial charge >= 0.3 is 6.18 Å². The quantitative estimate of drug-likeness (QED) is 0.577. The number of rotatable bonds is 1. The highest BCUT2D eigenvalue weighted by Gasteiger charge is 2.32. The maximum absolute atomic E-state index is 12.1. The predicted molar refractivity (Wildman–Crippen MR) is 38.7 cm³/mol. The molecule has 0 unspecified atom stereocenters. The van der Waals surface area contributed by atoms with Crippen LogP contribution in [0.3, 0.4) is 0 Å². The summed E-state index contributed by atoms with van der Waals surface area (Å²) in [5, 5.41) is 8.46. The van der Waals surface area contributed by atoms with Gasteiger partial charge in [0.05, 0.1) is 11.8 Å². The van der Waals surface area contributed by atoms with Gasteiger partial charge in [0.15, 0.2) is 0 Å². The SMILES string of the molecule is [N]=Cc1ccccc1C(F)(F)F. The average Bonchev–Trinajstić information content (AvgIpc) is 2.03. The molecular weight excluding hydrogens is 167 g/mol. The Kier molecular flexibility index (Phi) is 2.17. The summed E-state index contributed by atoms with van der Waals surface area (Å²) in [6, 6.07) is 4.82. The van der Waals surface area contributed by atoms with Crippen LogP contribution in [0.15, 0.2) is 24.3 Å². The van der Waals surface area contributed by atoms with Crippen molar-refractivity contribution in [2.45, 2.75) is 6.18 Å². The van der Waals surface area contributed by atoms with Crippen molar-refractivity contribution in [3.8, 4) is 0 Å². The van der Waals surface area contributed by atoms with Crippen LogP contribution in [-0.4, -0.2) is 6.21 Å². The van der Waals surface area contributed by atoms with E-state index in [1.807, 2.05) is 0 Å². The molecule has 0 aromatic heterocycles. The van der Waals surface area contributed by atoms with Crippen molar-refractivity contribution in [3.05, 3.63) is 35.4 Å². The van der Waals surface area contributed by atoms with E-state index in [1.54, 1.807) is 0 Å². The summed E-state index contributed by atoms with van der Waals surface area (Å²) < 4.78 is 36.3. The molecular formula is C8H5F3N. The number of benzene rings is 1. The average molecular weight is 172 g/mol. The summed E-state index contributed by atoms with van der Waals surface area (Å²) in [4.78, 5) is 0. The van der Waals surface area contributed by atoms with E-state index in [9.17, 15) is 13.2 Å². The maximum Gasteiger partial charge on any atom is 0.417 e. The number of hydrogen-bond donors (Lipinski definition) is 0. The fourth-order valence-electron chi connectivity index (χ4n) is 0.868. The molecule has 1 aromatic rings. The third-order valence-corrected chi connectivity index (χ3v) is 1.41. The van der Waals surface area contributed by atoms with Crippen molar-refractivity contribution in [3.63, 3.8) is 0 Å². The molecule has 0 saturated carbocycles. The van der Waals surface area contributed by atoms with Crippen molar-refractivity contribution in [2.24, 2.45) is 0 Å². The summed E-state index contributed by atoms with van der Waals surface area (Å²) in [5.74, 6) is 0. The van der Waals surface area contributed by atoms with Gasteiger partial charge in [0, 0.05) is 5.56 Å². The molecule has 12 heavy (non-hydrogen) atoms. The minimum absolute atomic E-state index is 0.218. The maximum atomic E-state index is 12.1. The van der Waals surface area contributed by atoms with Crippen LogP contribution >= 0.6 is 0 Å². The standard InChI is InChI=1S/C8H5F3N/c9-8(10,11)7-4-2-1-3-6(7)5-12/h1-5H. The monoisotopic (exact) mass is 172 g/mol. The van der Waals surface area contributed by atoms with Crippen LogP contribution in [0.4, 0.5) is 13.2 Å². The highest BCUT2D eigenvalue weighted by Crippen LogP contribution is 2.30. The van der Waals surface area contributed by atoms with Gasteiger partial charge in [0.2, 0.25) is 0 Å². The van der Waals surface area contributed by atoms with Crippen molar-refractivity contribution in [1.29, 1.82) is 0 Å². The van der Waals surface area contributed by atoms with Gasteiger partial charge in [0.25, 0.3) is 0 Å². The van der Waals surface area contributed by atoms with Crippen molar-refractivity contribution in [2.75, 3.05) is 0 Å². The molecule has 0 spiro atoms. The zero-order valence-corrected chi connectivity index (χ0v) is 5.97. The van der Waals surface area contributed by atoms with Crippen LogP contribution in [0.25, 0.3) is 0 Å². The highest BCUT2D eigenvalue weighted by atomic mass is 19.4. The molecule has 1 radical (unpaired) electrons. The number of nitrogens with zero attached hydrogens (tertiary/aromatic N) is 1. The summed E-state index contributed by atoms with van der Waals surface area (Å²) in [6.07, 6.45) is -3.96. The summed E-state index contributed by atoms with van der Waals surface area (Å²) in [7, 11) is 0. The Morgan fingerprint density at radius 3 is 2.17 bits per heavy atom. The number of hydrogen-bond acceptors (Lipinski definition) is 0. The molecule has 0 fully saturated rings. The predicted octanol–water partition coefficient (Wildman–Crippen LogP) is 1.92. The minimum Gasteiger partial charge on any atom is -0.166 e. The van der Waals surface area contributed by atoms with Gasteiger partial charge in [-0.15, -0.1) is 0 Å². The molecule has 0 heterocycles. The lowest BCUT2D eigenvalue weighted by atomic mass is 10.1. The van der Waals surface area contributed by atoms with Crippen molar-refractivity contribution in [1.82, 2.24) is 5.41 Å². The third kappa shape index (κ3) is 1.64. The molecule has 0 saturated heterocycles. The van der Waals surface area contributed by atoms with Crippen molar-refractivity contribution >= 4 is 6.21 Å². The van der Waals surface area contributed by atoms with Crippen molar-refractivity contribution < 1.29 is 13.2 Å². The van der Waals surface area contributed by atoms with E-state index < -0.39 is 11.7 Å². The fraction of sp³-hybridized carbons (Fsp3) is 0.125. The molecule has 0 amide bonds. The molecule has 1 nitrogen and oxygen atoms in total. The van der Waals surface area contributed by atoms with Gasteiger partial charge in [0.1, 0.15) is 0 Å². The number of alkyl halides is 3. The van der Waals surface area contributed by atoms with Crippen LogP contribution in [0.5, 0.6) is 0 Å². The van der Waals surface area contributed by atoms with Gasteiger partial charge in [-0.05, 0) is 6.07 Å². The topological polar surface area (TPSA) is 22.3 Å². The Morgan fingerprint density at radius 2 is 1.75 bits per heavy atom. The first-order valence-corrected chi connectivity index (χ1v) is 3.19. The molecule has 0 aliphatic carbocycles. The molecule has 0 bridgehead atoms. The van der Waals surface area contributed by atoms with Crippen LogP contribution in [-0.2, 0) is 6.18 Å². The molecule has 1 rings (SSSR count). The second-order valence-electron chi connectivity index (χ2n) is 2.21. The third-order valence-electron chi connectivity index (χ3n) is 1.41. The molecule has 1 aromatic carbocycles. The number of halogens is 3. The summed E-state index contributed by atoms with van der Waals surface area (Å²) in [5.41, 5.74) is -1.04. The van der Waals surface area contributed by atoms with Gasteiger partial charge in [-0.1, -0.05) is 18.2 Å². The zero-order chi connectivity index (χ0) is 9.19. The Balaban J connectivity index is 3.23. The van der Waals surface area contributed by atoms with Gasteiger partial charge < -0.3 is 0 Å². The van der Waals surface area contributed by atoms with Gasteiger partial charge in [-0.25, -0.2) is 0 Å². The molecule has 0 atom stereocenters. The van der Waals surface area contributed by atoms with E-state index in [4.69, 9.17) is 5.41 Å². The molecule has 0 aliphatic heterocycles. The fourth-order valence-corrected chi connectivity index (χ4v) is 0.868. The first kappa shape index (κ1) is 8.77. The smallest absolute Gasteiger partial charge is 0.166 e. The Labute approximate surface area is 67.3 Å². The Morgan fingerprint density at radius 1 is 1.17 bits per heavy atom. The van der Waals surface area contributed by atoms with E-state index in [0.717, 1.165) is 6.07 Å². The second-order valence-corrected chi connectivity index (χ2v) is 2.21. The van der Waals surface area contributed by atoms with E-state index in [2.05, 4.69) is 0 Å². The van der Waals surface area contributed by atoms with Crippen LogP contribution in [0.1, 0.15) is 11.1 Å². The van der Waals surface area contributed by atoms with E-state index in [-0.39, 0.29) is 5.56 Å².